The molecule has 0 aliphatic carbocycles. The third kappa shape index (κ3) is 5.40. The number of aromatic nitrogens is 1. The SMILES string of the molecule is O=C(c1ccc(=O)[nH]c1)N1CCCCC2(CO)CCN(CC2)Cc2ccccc2OCC1. The lowest BCUT2D eigenvalue weighted by Crippen LogP contribution is -2.41. The van der Waals surface area contributed by atoms with Crippen LogP contribution in [0.2, 0.25) is 0 Å². The predicted octanol–water partition coefficient (Wildman–Crippen LogP) is 2.65. The lowest BCUT2D eigenvalue weighted by atomic mass is 9.75. The highest BCUT2D eigenvalue weighted by Gasteiger charge is 2.34. The number of aliphatic hydroxyl groups is 1. The maximum absolute atomic E-state index is 13.1. The molecule has 1 saturated heterocycles. The number of pyridine rings is 1. The van der Waals surface area contributed by atoms with E-state index in [0.29, 0.717) is 25.3 Å². The van der Waals surface area contributed by atoms with Gasteiger partial charge in [0.25, 0.3) is 5.91 Å². The minimum atomic E-state index is -0.224. The summed E-state index contributed by atoms with van der Waals surface area (Å²) >= 11 is 0. The van der Waals surface area contributed by atoms with Gasteiger partial charge in [-0.05, 0) is 56.3 Å². The fourth-order valence-corrected chi connectivity index (χ4v) is 4.80. The molecule has 0 atom stereocenters. The normalized spacial score (nSPS) is 24.7. The van der Waals surface area contributed by atoms with E-state index < -0.39 is 0 Å². The Morgan fingerprint density at radius 2 is 1.84 bits per heavy atom. The topological polar surface area (TPSA) is 85.9 Å². The molecule has 1 aromatic carbocycles. The maximum Gasteiger partial charge on any atom is 0.255 e. The number of aliphatic hydroxyl groups excluding tert-OH is 1. The van der Waals surface area contributed by atoms with Crippen LogP contribution in [0.5, 0.6) is 5.75 Å². The van der Waals surface area contributed by atoms with Crippen molar-refractivity contribution < 1.29 is 14.6 Å². The molecule has 172 valence electrons. The number of aromatic amines is 1. The Morgan fingerprint density at radius 3 is 2.59 bits per heavy atom. The van der Waals surface area contributed by atoms with Gasteiger partial charge < -0.3 is 19.7 Å². The molecule has 3 aliphatic rings. The second-order valence-corrected chi connectivity index (χ2v) is 9.08. The molecule has 3 aliphatic heterocycles. The fourth-order valence-electron chi connectivity index (χ4n) is 4.80. The molecule has 4 heterocycles. The number of carbonyl (C=O) groups is 1. The van der Waals surface area contributed by atoms with Crippen molar-refractivity contribution in [3.05, 3.63) is 64.1 Å². The standard InChI is InChI=1S/C25H33N3O4/c29-19-25-9-3-4-12-28(24(31)20-7-8-23(30)26-17-20)15-16-32-22-6-2-1-5-21(22)18-27(13-10-25)14-11-25/h1-2,5-8,17,29H,3-4,9-16,18-19H2,(H,26,30). The van der Waals surface area contributed by atoms with E-state index in [-0.39, 0.29) is 23.5 Å². The van der Waals surface area contributed by atoms with Gasteiger partial charge in [-0.2, -0.15) is 0 Å². The van der Waals surface area contributed by atoms with Crippen molar-refractivity contribution in [2.24, 2.45) is 5.41 Å². The van der Waals surface area contributed by atoms with E-state index in [9.17, 15) is 14.7 Å². The average Bonchev–Trinajstić information content (AvgIpc) is 2.83. The first-order chi connectivity index (χ1) is 15.6. The van der Waals surface area contributed by atoms with Crippen LogP contribution in [-0.2, 0) is 6.54 Å². The summed E-state index contributed by atoms with van der Waals surface area (Å²) in [5, 5.41) is 10.2. The number of rotatable bonds is 2. The van der Waals surface area contributed by atoms with Crippen molar-refractivity contribution in [2.75, 3.05) is 39.4 Å². The van der Waals surface area contributed by atoms with Crippen molar-refractivity contribution in [3.63, 3.8) is 0 Å². The van der Waals surface area contributed by atoms with E-state index in [1.165, 1.54) is 12.3 Å². The van der Waals surface area contributed by atoms with Crippen LogP contribution in [0.1, 0.15) is 48.0 Å². The number of piperidine rings is 1. The van der Waals surface area contributed by atoms with Crippen LogP contribution in [0.4, 0.5) is 0 Å². The first kappa shape index (κ1) is 22.6. The zero-order valence-electron chi connectivity index (χ0n) is 18.6. The molecule has 0 radical (unpaired) electrons. The summed E-state index contributed by atoms with van der Waals surface area (Å²) in [5.41, 5.74) is 1.39. The Kier molecular flexibility index (Phi) is 7.27. The number of nitrogens with zero attached hydrogens (tertiary/aromatic N) is 2. The number of nitrogens with one attached hydrogen (secondary N) is 1. The number of carbonyl (C=O) groups excluding carboxylic acids is 1. The molecule has 1 amide bonds. The van der Waals surface area contributed by atoms with Gasteiger partial charge in [-0.25, -0.2) is 0 Å². The molecule has 0 spiro atoms. The van der Waals surface area contributed by atoms with Crippen LogP contribution in [0.25, 0.3) is 0 Å². The van der Waals surface area contributed by atoms with Gasteiger partial charge in [0.15, 0.2) is 0 Å². The summed E-state index contributed by atoms with van der Waals surface area (Å²) in [6, 6.07) is 11.0. The zero-order valence-corrected chi connectivity index (χ0v) is 18.6. The van der Waals surface area contributed by atoms with Gasteiger partial charge in [0.05, 0.1) is 12.1 Å². The molecule has 2 N–H and O–H groups in total. The third-order valence-corrected chi connectivity index (χ3v) is 6.94. The minimum absolute atomic E-state index is 0.0134. The van der Waals surface area contributed by atoms with Crippen molar-refractivity contribution in [2.45, 2.75) is 38.6 Å². The molecule has 1 fully saturated rings. The summed E-state index contributed by atoms with van der Waals surface area (Å²) in [4.78, 5) is 31.3. The number of benzene rings is 1. The van der Waals surface area contributed by atoms with Crippen molar-refractivity contribution >= 4 is 5.91 Å². The minimum Gasteiger partial charge on any atom is -0.491 e. The second kappa shape index (κ2) is 10.3. The summed E-state index contributed by atoms with van der Waals surface area (Å²) in [6.45, 7) is 4.51. The third-order valence-electron chi connectivity index (χ3n) is 6.94. The fraction of sp³-hybridized carbons (Fsp3) is 0.520. The zero-order chi connectivity index (χ0) is 22.4. The number of hydrogen-bond donors (Lipinski definition) is 2. The Labute approximate surface area is 189 Å². The number of amides is 1. The molecule has 0 unspecified atom stereocenters. The highest BCUT2D eigenvalue weighted by molar-refractivity contribution is 5.93. The van der Waals surface area contributed by atoms with Crippen LogP contribution < -0.4 is 10.3 Å². The van der Waals surface area contributed by atoms with E-state index in [0.717, 1.165) is 63.1 Å². The Balaban J connectivity index is 1.53. The van der Waals surface area contributed by atoms with E-state index in [1.807, 2.05) is 23.1 Å². The summed E-state index contributed by atoms with van der Waals surface area (Å²) in [7, 11) is 0. The van der Waals surface area contributed by atoms with E-state index >= 15 is 0 Å². The first-order valence-corrected chi connectivity index (χ1v) is 11.6. The molecular formula is C25H33N3O4. The molecule has 0 saturated carbocycles. The molecule has 32 heavy (non-hydrogen) atoms. The van der Waals surface area contributed by atoms with E-state index in [2.05, 4.69) is 16.0 Å². The average molecular weight is 440 g/mol. The van der Waals surface area contributed by atoms with Gasteiger partial charge in [0.1, 0.15) is 12.4 Å². The molecule has 2 aromatic rings. The molecule has 7 nitrogen and oxygen atoms in total. The lowest BCUT2D eigenvalue weighted by Gasteiger charge is -2.41. The Morgan fingerprint density at radius 1 is 1.03 bits per heavy atom. The van der Waals surface area contributed by atoms with Crippen molar-refractivity contribution in [3.8, 4) is 5.75 Å². The van der Waals surface area contributed by atoms with Gasteiger partial charge in [-0.1, -0.05) is 24.6 Å². The molecule has 5 rings (SSSR count). The van der Waals surface area contributed by atoms with Gasteiger partial charge in [-0.3, -0.25) is 14.5 Å². The highest BCUT2D eigenvalue weighted by Crippen LogP contribution is 2.37. The van der Waals surface area contributed by atoms with Gasteiger partial charge in [0.2, 0.25) is 5.56 Å². The molecule has 7 heteroatoms. The summed E-state index contributed by atoms with van der Waals surface area (Å²) in [5.74, 6) is 0.754. The van der Waals surface area contributed by atoms with E-state index in [4.69, 9.17) is 4.74 Å². The molecule has 2 bridgehead atoms. The predicted molar refractivity (Wildman–Crippen MR) is 123 cm³/mol. The van der Waals surface area contributed by atoms with Gasteiger partial charge in [0, 0.05) is 37.5 Å². The van der Waals surface area contributed by atoms with E-state index in [1.54, 1.807) is 6.07 Å². The number of para-hydroxylation sites is 1. The molecular weight excluding hydrogens is 406 g/mol. The van der Waals surface area contributed by atoms with Crippen molar-refractivity contribution in [1.29, 1.82) is 0 Å². The number of hydrogen-bond acceptors (Lipinski definition) is 5. The maximum atomic E-state index is 13.1. The monoisotopic (exact) mass is 439 g/mol. The summed E-state index contributed by atoms with van der Waals surface area (Å²) in [6.07, 6.45) is 6.28. The van der Waals surface area contributed by atoms with Crippen LogP contribution in [0.3, 0.4) is 0 Å². The Hall–Kier alpha value is -2.64. The Bertz CT molecular complexity index is 945. The van der Waals surface area contributed by atoms with Crippen LogP contribution in [-0.4, -0.2) is 65.2 Å². The second-order valence-electron chi connectivity index (χ2n) is 9.08. The quantitative estimate of drug-likeness (QED) is 0.751. The highest BCUT2D eigenvalue weighted by atomic mass is 16.5. The summed E-state index contributed by atoms with van der Waals surface area (Å²) < 4.78 is 6.13. The van der Waals surface area contributed by atoms with Crippen molar-refractivity contribution in [1.82, 2.24) is 14.8 Å². The first-order valence-electron chi connectivity index (χ1n) is 11.6. The lowest BCUT2D eigenvalue weighted by molar-refractivity contribution is 0.0319. The van der Waals surface area contributed by atoms with Crippen LogP contribution in [0, 0.1) is 5.41 Å². The van der Waals surface area contributed by atoms with Crippen LogP contribution >= 0.6 is 0 Å². The van der Waals surface area contributed by atoms with Gasteiger partial charge >= 0.3 is 0 Å². The van der Waals surface area contributed by atoms with Gasteiger partial charge in [-0.15, -0.1) is 0 Å². The largest absolute Gasteiger partial charge is 0.491 e. The smallest absolute Gasteiger partial charge is 0.255 e. The number of ether oxygens (including phenoxy) is 1. The van der Waals surface area contributed by atoms with Crippen LogP contribution in [0.15, 0.2) is 47.4 Å². The number of H-pyrrole nitrogens is 1. The number of fused-ring (bicyclic) bond motifs is 9. The molecule has 1 aromatic heterocycles.